The highest BCUT2D eigenvalue weighted by Gasteiger charge is 2.20. The van der Waals surface area contributed by atoms with Crippen molar-refractivity contribution in [2.24, 2.45) is 10.9 Å². The molecule has 0 spiro atoms. The predicted molar refractivity (Wildman–Crippen MR) is 124 cm³/mol. The minimum atomic E-state index is 0. The van der Waals surface area contributed by atoms with E-state index in [2.05, 4.69) is 35.5 Å². The fourth-order valence-electron chi connectivity index (χ4n) is 3.64. The Morgan fingerprint density at radius 2 is 2.11 bits per heavy atom. The summed E-state index contributed by atoms with van der Waals surface area (Å²) in [6, 6.07) is 8.04. The summed E-state index contributed by atoms with van der Waals surface area (Å²) in [6.07, 6.45) is 2.82. The lowest BCUT2D eigenvalue weighted by Crippen LogP contribution is -2.42. The number of aliphatic imine (C=N–C) groups is 1. The fraction of sp³-hybridized carbons (Fsp3) is 0.524. The van der Waals surface area contributed by atoms with Gasteiger partial charge in [-0.2, -0.15) is 0 Å². The van der Waals surface area contributed by atoms with Crippen LogP contribution in [0.5, 0.6) is 0 Å². The molecule has 1 saturated heterocycles. The Labute approximate surface area is 184 Å². The van der Waals surface area contributed by atoms with Crippen LogP contribution in [-0.2, 0) is 11.3 Å². The van der Waals surface area contributed by atoms with Gasteiger partial charge < -0.3 is 20.0 Å². The van der Waals surface area contributed by atoms with Crippen LogP contribution in [0.25, 0.3) is 11.0 Å². The number of likely N-dealkylation sites (tertiary alicyclic amines) is 1. The summed E-state index contributed by atoms with van der Waals surface area (Å²) in [6.45, 7) is 7.18. The van der Waals surface area contributed by atoms with Gasteiger partial charge in [-0.15, -0.1) is 24.0 Å². The van der Waals surface area contributed by atoms with E-state index in [0.717, 1.165) is 41.8 Å². The standard InChI is InChI=1S/C21H30N4O2.HI/c1-15-7-6-12-25(14-15)20(26)10-11-23-21(22-3)24-13-19-16(2)17-8-4-5-9-18(17)27-19;/h4-5,8-9,15H,6-7,10-14H2,1-3H3,(H2,22,23,24);1H. The van der Waals surface area contributed by atoms with Crippen LogP contribution >= 0.6 is 24.0 Å². The summed E-state index contributed by atoms with van der Waals surface area (Å²) in [5.41, 5.74) is 2.04. The highest BCUT2D eigenvalue weighted by atomic mass is 127. The highest BCUT2D eigenvalue weighted by molar-refractivity contribution is 14.0. The van der Waals surface area contributed by atoms with Gasteiger partial charge in [-0.05, 0) is 31.7 Å². The topological polar surface area (TPSA) is 69.9 Å². The minimum absolute atomic E-state index is 0. The Morgan fingerprint density at radius 1 is 1.32 bits per heavy atom. The maximum atomic E-state index is 12.3. The maximum absolute atomic E-state index is 12.3. The molecule has 2 aromatic rings. The third-order valence-electron chi connectivity index (χ3n) is 5.22. The van der Waals surface area contributed by atoms with Crippen LogP contribution in [0.4, 0.5) is 0 Å². The van der Waals surface area contributed by atoms with Crippen LogP contribution in [0.2, 0.25) is 0 Å². The van der Waals surface area contributed by atoms with E-state index in [1.165, 1.54) is 6.42 Å². The van der Waals surface area contributed by atoms with Crippen LogP contribution in [0, 0.1) is 12.8 Å². The fourth-order valence-corrected chi connectivity index (χ4v) is 3.64. The van der Waals surface area contributed by atoms with Crippen molar-refractivity contribution in [2.75, 3.05) is 26.7 Å². The number of carbonyl (C=O) groups is 1. The number of para-hydroxylation sites is 1. The van der Waals surface area contributed by atoms with Gasteiger partial charge in [-0.3, -0.25) is 9.79 Å². The average molecular weight is 498 g/mol. The predicted octanol–water partition coefficient (Wildman–Crippen LogP) is 3.67. The molecule has 0 bridgehead atoms. The van der Waals surface area contributed by atoms with Crippen molar-refractivity contribution in [1.82, 2.24) is 15.5 Å². The molecule has 1 aliphatic heterocycles. The van der Waals surface area contributed by atoms with Crippen molar-refractivity contribution in [3.05, 3.63) is 35.6 Å². The molecule has 0 radical (unpaired) electrons. The number of rotatable bonds is 5. The molecular formula is C21H31IN4O2. The molecule has 1 amide bonds. The van der Waals surface area contributed by atoms with Crippen molar-refractivity contribution in [3.8, 4) is 0 Å². The largest absolute Gasteiger partial charge is 0.459 e. The Bertz CT molecular complexity index is 818. The number of carbonyl (C=O) groups excluding carboxylic acids is 1. The zero-order valence-electron chi connectivity index (χ0n) is 17.0. The summed E-state index contributed by atoms with van der Waals surface area (Å²) >= 11 is 0. The smallest absolute Gasteiger partial charge is 0.224 e. The number of hydrogen-bond donors (Lipinski definition) is 2. The molecule has 7 heteroatoms. The number of nitrogens with one attached hydrogen (secondary N) is 2. The molecule has 1 aliphatic rings. The number of benzene rings is 1. The minimum Gasteiger partial charge on any atom is -0.459 e. The van der Waals surface area contributed by atoms with Crippen LogP contribution in [0.1, 0.15) is 37.5 Å². The van der Waals surface area contributed by atoms with Crippen LogP contribution in [0.3, 0.4) is 0 Å². The van der Waals surface area contributed by atoms with Gasteiger partial charge in [0.05, 0.1) is 6.54 Å². The molecule has 0 saturated carbocycles. The quantitative estimate of drug-likeness (QED) is 0.375. The third-order valence-corrected chi connectivity index (χ3v) is 5.22. The number of amides is 1. The van der Waals surface area contributed by atoms with Crippen molar-refractivity contribution in [1.29, 1.82) is 0 Å². The summed E-state index contributed by atoms with van der Waals surface area (Å²) in [5, 5.41) is 7.63. The zero-order chi connectivity index (χ0) is 19.2. The number of hydrogen-bond acceptors (Lipinski definition) is 3. The first-order valence-electron chi connectivity index (χ1n) is 9.77. The molecule has 28 heavy (non-hydrogen) atoms. The number of aryl methyl sites for hydroxylation is 1. The van der Waals surface area contributed by atoms with Gasteiger partial charge in [-0.25, -0.2) is 0 Å². The van der Waals surface area contributed by atoms with Gasteiger partial charge in [0.1, 0.15) is 11.3 Å². The Hall–Kier alpha value is -1.77. The molecule has 0 aliphatic carbocycles. The van der Waals surface area contributed by atoms with Gasteiger partial charge in [0.15, 0.2) is 5.96 Å². The monoisotopic (exact) mass is 498 g/mol. The van der Waals surface area contributed by atoms with E-state index in [-0.39, 0.29) is 29.9 Å². The van der Waals surface area contributed by atoms with E-state index in [4.69, 9.17) is 4.42 Å². The second-order valence-electron chi connectivity index (χ2n) is 7.34. The second-order valence-corrected chi connectivity index (χ2v) is 7.34. The molecule has 2 heterocycles. The van der Waals surface area contributed by atoms with E-state index < -0.39 is 0 Å². The average Bonchev–Trinajstić information content (AvgIpc) is 3.00. The number of furan rings is 1. The molecule has 1 aromatic carbocycles. The van der Waals surface area contributed by atoms with E-state index in [0.29, 0.717) is 31.4 Å². The van der Waals surface area contributed by atoms with E-state index in [1.807, 2.05) is 23.1 Å². The van der Waals surface area contributed by atoms with Gasteiger partial charge in [0.25, 0.3) is 0 Å². The number of guanidine groups is 1. The Morgan fingerprint density at radius 3 is 2.82 bits per heavy atom. The number of piperidine rings is 1. The zero-order valence-corrected chi connectivity index (χ0v) is 19.3. The molecule has 6 nitrogen and oxygen atoms in total. The normalized spacial score (nSPS) is 17.3. The molecule has 1 aromatic heterocycles. The summed E-state index contributed by atoms with van der Waals surface area (Å²) < 4.78 is 5.92. The lowest BCUT2D eigenvalue weighted by atomic mass is 10.00. The second kappa shape index (κ2) is 10.7. The van der Waals surface area contributed by atoms with Gasteiger partial charge in [0, 0.05) is 44.1 Å². The van der Waals surface area contributed by atoms with Crippen LogP contribution in [-0.4, -0.2) is 43.4 Å². The first-order chi connectivity index (χ1) is 13.1. The maximum Gasteiger partial charge on any atom is 0.224 e. The molecular weight excluding hydrogens is 467 g/mol. The van der Waals surface area contributed by atoms with E-state index >= 15 is 0 Å². The molecule has 3 rings (SSSR count). The lowest BCUT2D eigenvalue weighted by Gasteiger charge is -2.31. The van der Waals surface area contributed by atoms with Crippen molar-refractivity contribution in [2.45, 2.75) is 39.7 Å². The number of halogens is 1. The molecule has 1 unspecified atom stereocenters. The molecule has 2 N–H and O–H groups in total. The van der Waals surface area contributed by atoms with Gasteiger partial charge in [-0.1, -0.05) is 25.1 Å². The van der Waals surface area contributed by atoms with Crippen LogP contribution < -0.4 is 10.6 Å². The number of nitrogens with zero attached hydrogens (tertiary/aromatic N) is 2. The van der Waals surface area contributed by atoms with Gasteiger partial charge in [0.2, 0.25) is 5.91 Å². The first kappa shape index (κ1) is 22.5. The molecule has 1 fully saturated rings. The SMILES string of the molecule is CN=C(NCCC(=O)N1CCCC(C)C1)NCc1oc2ccccc2c1C.I. The Kier molecular flexibility index (Phi) is 8.59. The van der Waals surface area contributed by atoms with E-state index in [1.54, 1.807) is 7.05 Å². The first-order valence-corrected chi connectivity index (χ1v) is 9.77. The highest BCUT2D eigenvalue weighted by Crippen LogP contribution is 2.24. The summed E-state index contributed by atoms with van der Waals surface area (Å²) in [5.74, 6) is 2.40. The van der Waals surface area contributed by atoms with Crippen molar-refractivity contribution >= 4 is 46.8 Å². The third kappa shape index (κ3) is 5.62. The van der Waals surface area contributed by atoms with E-state index in [9.17, 15) is 4.79 Å². The summed E-state index contributed by atoms with van der Waals surface area (Å²) in [4.78, 5) is 18.6. The van der Waals surface area contributed by atoms with Crippen molar-refractivity contribution in [3.63, 3.8) is 0 Å². The molecule has 154 valence electrons. The van der Waals surface area contributed by atoms with Crippen LogP contribution in [0.15, 0.2) is 33.7 Å². The van der Waals surface area contributed by atoms with Crippen molar-refractivity contribution < 1.29 is 9.21 Å². The molecule has 1 atom stereocenters. The van der Waals surface area contributed by atoms with Gasteiger partial charge >= 0.3 is 0 Å². The number of fused-ring (bicyclic) bond motifs is 1. The summed E-state index contributed by atoms with van der Waals surface area (Å²) in [7, 11) is 1.73. The Balaban J connectivity index is 0.00000280. The lowest BCUT2D eigenvalue weighted by molar-refractivity contribution is -0.132.